The van der Waals surface area contributed by atoms with E-state index in [2.05, 4.69) is 4.98 Å². The first-order chi connectivity index (χ1) is 9.66. The zero-order valence-corrected chi connectivity index (χ0v) is 12.3. The Kier molecular flexibility index (Phi) is 5.44. The molecule has 1 atom stereocenters. The van der Waals surface area contributed by atoms with Crippen LogP contribution < -0.4 is 0 Å². The second kappa shape index (κ2) is 7.31. The Morgan fingerprint density at radius 3 is 2.70 bits per heavy atom. The van der Waals surface area contributed by atoms with Gasteiger partial charge in [-0.1, -0.05) is 41.9 Å². The Balaban J connectivity index is 2.00. The van der Waals surface area contributed by atoms with Gasteiger partial charge in [-0.05, 0) is 23.6 Å². The van der Waals surface area contributed by atoms with Gasteiger partial charge < -0.3 is 5.11 Å². The van der Waals surface area contributed by atoms with Crippen molar-refractivity contribution in [2.45, 2.75) is 17.4 Å². The lowest BCUT2D eigenvalue weighted by atomic mass is 10.1. The highest BCUT2D eigenvalue weighted by Crippen LogP contribution is 2.25. The molecular weight excluding hydrogens is 294 g/mol. The van der Waals surface area contributed by atoms with Crippen molar-refractivity contribution in [3.8, 4) is 0 Å². The monoisotopic (exact) mass is 307 g/mol. The normalized spacial score (nSPS) is 12.1. The Hall–Kier alpha value is -1.52. The highest BCUT2D eigenvalue weighted by Gasteiger charge is 2.19. The standard InChI is InChI=1S/C15H14ClNO2S/c16-13-9-17-7-6-12(13)10-20-14(15(18)19)8-11-4-2-1-3-5-11/h1-7,9,14H,8,10H2,(H,18,19). The van der Waals surface area contributed by atoms with E-state index in [0.717, 1.165) is 11.1 Å². The summed E-state index contributed by atoms with van der Waals surface area (Å²) in [5, 5.41) is 9.40. The molecule has 0 amide bonds. The Bertz CT molecular complexity index is 577. The van der Waals surface area contributed by atoms with Gasteiger partial charge in [-0.3, -0.25) is 9.78 Å². The summed E-state index contributed by atoms with van der Waals surface area (Å²) in [6.45, 7) is 0. The predicted octanol–water partition coefficient (Wildman–Crippen LogP) is 3.66. The van der Waals surface area contributed by atoms with Crippen molar-refractivity contribution in [1.82, 2.24) is 4.98 Å². The number of carboxylic acid groups (broad SMARTS) is 1. The number of carbonyl (C=O) groups is 1. The van der Waals surface area contributed by atoms with Crippen LogP contribution in [0.1, 0.15) is 11.1 Å². The van der Waals surface area contributed by atoms with Gasteiger partial charge in [0.15, 0.2) is 0 Å². The Morgan fingerprint density at radius 1 is 1.30 bits per heavy atom. The van der Waals surface area contributed by atoms with Crippen LogP contribution in [-0.4, -0.2) is 21.3 Å². The smallest absolute Gasteiger partial charge is 0.316 e. The van der Waals surface area contributed by atoms with Crippen molar-refractivity contribution in [3.63, 3.8) is 0 Å². The molecule has 0 fully saturated rings. The number of nitrogens with zero attached hydrogens (tertiary/aromatic N) is 1. The molecule has 0 radical (unpaired) electrons. The van der Waals surface area contributed by atoms with Crippen LogP contribution in [0.15, 0.2) is 48.8 Å². The number of hydrogen-bond donors (Lipinski definition) is 1. The summed E-state index contributed by atoms with van der Waals surface area (Å²) >= 11 is 7.40. The van der Waals surface area contributed by atoms with Gasteiger partial charge in [0.2, 0.25) is 0 Å². The van der Waals surface area contributed by atoms with Crippen LogP contribution in [0, 0.1) is 0 Å². The van der Waals surface area contributed by atoms with E-state index < -0.39 is 11.2 Å². The van der Waals surface area contributed by atoms with Gasteiger partial charge in [0.25, 0.3) is 0 Å². The molecule has 0 spiro atoms. The largest absolute Gasteiger partial charge is 0.480 e. The number of benzene rings is 1. The Labute approximate surface area is 127 Å². The number of hydrogen-bond acceptors (Lipinski definition) is 3. The highest BCUT2D eigenvalue weighted by atomic mass is 35.5. The van der Waals surface area contributed by atoms with Gasteiger partial charge in [-0.25, -0.2) is 0 Å². The molecule has 1 N–H and O–H groups in total. The molecule has 2 rings (SSSR count). The molecule has 0 aliphatic rings. The molecule has 0 aliphatic heterocycles. The van der Waals surface area contributed by atoms with Gasteiger partial charge in [0.1, 0.15) is 5.25 Å². The van der Waals surface area contributed by atoms with E-state index in [1.807, 2.05) is 36.4 Å². The first-order valence-corrected chi connectivity index (χ1v) is 7.56. The van der Waals surface area contributed by atoms with Gasteiger partial charge in [0, 0.05) is 18.1 Å². The number of carboxylic acids is 1. The second-order valence-electron chi connectivity index (χ2n) is 4.29. The molecule has 3 nitrogen and oxygen atoms in total. The average Bonchev–Trinajstić information content (AvgIpc) is 2.46. The van der Waals surface area contributed by atoms with Gasteiger partial charge >= 0.3 is 5.97 Å². The van der Waals surface area contributed by atoms with Gasteiger partial charge in [-0.15, -0.1) is 11.8 Å². The molecule has 1 aromatic heterocycles. The van der Waals surface area contributed by atoms with Gasteiger partial charge in [-0.2, -0.15) is 0 Å². The minimum atomic E-state index is -0.802. The van der Waals surface area contributed by atoms with Crippen molar-refractivity contribution in [3.05, 3.63) is 64.9 Å². The molecule has 0 aliphatic carbocycles. The zero-order valence-electron chi connectivity index (χ0n) is 10.7. The van der Waals surface area contributed by atoms with Crippen molar-refractivity contribution in [2.24, 2.45) is 0 Å². The number of thioether (sulfide) groups is 1. The second-order valence-corrected chi connectivity index (χ2v) is 5.89. The fourth-order valence-corrected chi connectivity index (χ4v) is 3.11. The van der Waals surface area contributed by atoms with Crippen LogP contribution in [0.5, 0.6) is 0 Å². The summed E-state index contributed by atoms with van der Waals surface area (Å²) in [6.07, 6.45) is 3.74. The molecule has 0 bridgehead atoms. The summed E-state index contributed by atoms with van der Waals surface area (Å²) in [5.74, 6) is -0.241. The highest BCUT2D eigenvalue weighted by molar-refractivity contribution is 7.99. The van der Waals surface area contributed by atoms with Crippen molar-refractivity contribution in [2.75, 3.05) is 0 Å². The molecule has 2 aromatic rings. The van der Waals surface area contributed by atoms with E-state index in [4.69, 9.17) is 11.6 Å². The summed E-state index contributed by atoms with van der Waals surface area (Å²) in [5.41, 5.74) is 1.93. The average molecular weight is 308 g/mol. The SMILES string of the molecule is O=C(O)C(Cc1ccccc1)SCc1ccncc1Cl. The third-order valence-electron chi connectivity index (χ3n) is 2.84. The van der Waals surface area contributed by atoms with Crippen LogP contribution in [-0.2, 0) is 17.0 Å². The molecule has 104 valence electrons. The van der Waals surface area contributed by atoms with Gasteiger partial charge in [0.05, 0.1) is 5.02 Å². The minimum absolute atomic E-state index is 0.485. The van der Waals surface area contributed by atoms with Crippen LogP contribution >= 0.6 is 23.4 Å². The summed E-state index contributed by atoms with van der Waals surface area (Å²) in [6, 6.07) is 11.4. The lowest BCUT2D eigenvalue weighted by Crippen LogP contribution is -2.19. The molecule has 1 unspecified atom stereocenters. The van der Waals surface area contributed by atoms with E-state index in [0.29, 0.717) is 17.2 Å². The first kappa shape index (κ1) is 14.9. The van der Waals surface area contributed by atoms with E-state index in [-0.39, 0.29) is 0 Å². The fraction of sp³-hybridized carbons (Fsp3) is 0.200. The lowest BCUT2D eigenvalue weighted by Gasteiger charge is -2.12. The molecule has 0 saturated carbocycles. The van der Waals surface area contributed by atoms with Crippen LogP contribution in [0.3, 0.4) is 0 Å². The van der Waals surface area contributed by atoms with Crippen molar-refractivity contribution >= 4 is 29.3 Å². The number of pyridine rings is 1. The molecule has 5 heteroatoms. The molecular formula is C15H14ClNO2S. The van der Waals surface area contributed by atoms with E-state index in [1.165, 1.54) is 11.8 Å². The third-order valence-corrected chi connectivity index (χ3v) is 4.42. The molecule has 0 saturated heterocycles. The lowest BCUT2D eigenvalue weighted by molar-refractivity contribution is -0.136. The zero-order chi connectivity index (χ0) is 14.4. The summed E-state index contributed by atoms with van der Waals surface area (Å²) in [4.78, 5) is 15.3. The number of aliphatic carboxylic acids is 1. The van der Waals surface area contributed by atoms with E-state index in [9.17, 15) is 9.90 Å². The Morgan fingerprint density at radius 2 is 2.05 bits per heavy atom. The third kappa shape index (κ3) is 4.25. The van der Waals surface area contributed by atoms with E-state index >= 15 is 0 Å². The number of halogens is 1. The minimum Gasteiger partial charge on any atom is -0.480 e. The van der Waals surface area contributed by atoms with Crippen LogP contribution in [0.2, 0.25) is 5.02 Å². The quantitative estimate of drug-likeness (QED) is 0.884. The fourth-order valence-electron chi connectivity index (χ4n) is 1.76. The molecule has 1 heterocycles. The predicted molar refractivity (Wildman–Crippen MR) is 82.1 cm³/mol. The maximum atomic E-state index is 11.3. The maximum Gasteiger partial charge on any atom is 0.316 e. The van der Waals surface area contributed by atoms with E-state index in [1.54, 1.807) is 12.4 Å². The molecule has 1 aromatic carbocycles. The van der Waals surface area contributed by atoms with Crippen LogP contribution in [0.4, 0.5) is 0 Å². The van der Waals surface area contributed by atoms with Crippen molar-refractivity contribution in [1.29, 1.82) is 0 Å². The topological polar surface area (TPSA) is 50.2 Å². The first-order valence-electron chi connectivity index (χ1n) is 6.13. The molecule has 20 heavy (non-hydrogen) atoms. The van der Waals surface area contributed by atoms with Crippen LogP contribution in [0.25, 0.3) is 0 Å². The number of rotatable bonds is 6. The maximum absolute atomic E-state index is 11.3. The summed E-state index contributed by atoms with van der Waals surface area (Å²) < 4.78 is 0. The summed E-state index contributed by atoms with van der Waals surface area (Å²) in [7, 11) is 0. The number of aromatic nitrogens is 1. The van der Waals surface area contributed by atoms with Crippen molar-refractivity contribution < 1.29 is 9.90 Å².